The average Bonchev–Trinajstić information content (AvgIpc) is 3.06. The Morgan fingerprint density at radius 2 is 2.00 bits per heavy atom. The molecule has 0 radical (unpaired) electrons. The van der Waals surface area contributed by atoms with Gasteiger partial charge >= 0.3 is 5.69 Å². The molecule has 10 heteroatoms. The minimum absolute atomic E-state index is 0.0105. The first-order valence-corrected chi connectivity index (χ1v) is 9.55. The van der Waals surface area contributed by atoms with Gasteiger partial charge in [0.2, 0.25) is 0 Å². The molecule has 0 amide bonds. The summed E-state index contributed by atoms with van der Waals surface area (Å²) < 4.78 is 34.9. The maximum Gasteiger partial charge on any atom is 0.351 e. The number of halogens is 1. The Morgan fingerprint density at radius 1 is 1.25 bits per heavy atom. The molecule has 1 aromatic carbocycles. The van der Waals surface area contributed by atoms with Crippen molar-refractivity contribution in [2.24, 2.45) is 5.73 Å². The van der Waals surface area contributed by atoms with E-state index in [9.17, 15) is 13.4 Å². The summed E-state index contributed by atoms with van der Waals surface area (Å²) >= 11 is -1.90. The molecular weight excluding hydrogens is 385 g/mol. The fraction of sp³-hybridized carbons (Fsp3) is 0.167. The lowest BCUT2D eigenvalue weighted by molar-refractivity contribution is 0.563. The van der Waals surface area contributed by atoms with Crippen molar-refractivity contribution in [2.45, 2.75) is 12.3 Å². The third kappa shape index (κ3) is 4.47. The van der Waals surface area contributed by atoms with Gasteiger partial charge in [0.1, 0.15) is 12.1 Å². The van der Waals surface area contributed by atoms with E-state index in [0.717, 1.165) is 21.4 Å². The molecule has 3 rings (SSSR count). The van der Waals surface area contributed by atoms with Crippen LogP contribution < -0.4 is 11.4 Å². The van der Waals surface area contributed by atoms with Crippen LogP contribution in [0.25, 0.3) is 16.9 Å². The van der Waals surface area contributed by atoms with Gasteiger partial charge < -0.3 is 10.3 Å². The van der Waals surface area contributed by atoms with Crippen LogP contribution in [0.3, 0.4) is 0 Å². The van der Waals surface area contributed by atoms with Crippen molar-refractivity contribution in [3.05, 3.63) is 76.9 Å². The standard InChI is InChI=1S/C18H18FN5O3S/c19-8-14(9-20)10-24-18(25)23(12-22-24)17-7-16(5-6-21-17)15-3-1-13(2-4-15)11-28(26)27/h1-8,12H,9-11,20H2,(H,26,27)/b14-8+. The van der Waals surface area contributed by atoms with Gasteiger partial charge in [-0.2, -0.15) is 5.10 Å². The van der Waals surface area contributed by atoms with E-state index in [1.54, 1.807) is 30.5 Å². The molecule has 0 fully saturated rings. The lowest BCUT2D eigenvalue weighted by Crippen LogP contribution is -2.26. The lowest BCUT2D eigenvalue weighted by atomic mass is 10.1. The third-order valence-corrected chi connectivity index (χ3v) is 4.65. The summed E-state index contributed by atoms with van der Waals surface area (Å²) in [7, 11) is 0. The molecule has 0 bridgehead atoms. The highest BCUT2D eigenvalue weighted by atomic mass is 32.2. The first kappa shape index (κ1) is 19.8. The first-order valence-electron chi connectivity index (χ1n) is 8.27. The van der Waals surface area contributed by atoms with E-state index in [1.165, 1.54) is 10.9 Å². The zero-order valence-corrected chi connectivity index (χ0v) is 15.6. The summed E-state index contributed by atoms with van der Waals surface area (Å²) in [5, 5.41) is 3.98. The fourth-order valence-electron chi connectivity index (χ4n) is 2.60. The largest absolute Gasteiger partial charge is 0.351 e. The number of hydrogen-bond acceptors (Lipinski definition) is 5. The number of nitrogens with zero attached hydrogens (tertiary/aromatic N) is 4. The van der Waals surface area contributed by atoms with E-state index in [1.807, 2.05) is 12.1 Å². The fourth-order valence-corrected chi connectivity index (χ4v) is 3.08. The van der Waals surface area contributed by atoms with Crippen LogP contribution in [0.2, 0.25) is 0 Å². The first-order chi connectivity index (χ1) is 13.5. The molecule has 0 aliphatic carbocycles. The minimum atomic E-state index is -1.90. The SMILES string of the molecule is NC/C(=C\F)Cn1ncn(-c2cc(-c3ccc(CS(=O)O)cc3)ccn2)c1=O. The van der Waals surface area contributed by atoms with Crippen molar-refractivity contribution in [1.82, 2.24) is 19.3 Å². The van der Waals surface area contributed by atoms with Crippen molar-refractivity contribution in [3.63, 3.8) is 0 Å². The van der Waals surface area contributed by atoms with Gasteiger partial charge in [-0.25, -0.2) is 27.6 Å². The third-order valence-electron chi connectivity index (χ3n) is 4.07. The zero-order chi connectivity index (χ0) is 20.1. The predicted molar refractivity (Wildman–Crippen MR) is 104 cm³/mol. The molecule has 28 heavy (non-hydrogen) atoms. The van der Waals surface area contributed by atoms with Crippen molar-refractivity contribution in [1.29, 1.82) is 0 Å². The van der Waals surface area contributed by atoms with Crippen molar-refractivity contribution >= 4 is 11.1 Å². The van der Waals surface area contributed by atoms with E-state index < -0.39 is 16.8 Å². The molecule has 3 N–H and O–H groups in total. The second-order valence-corrected chi connectivity index (χ2v) is 6.91. The summed E-state index contributed by atoms with van der Waals surface area (Å²) in [5.74, 6) is 0.432. The summed E-state index contributed by atoms with van der Waals surface area (Å²) in [6.07, 6.45) is 3.26. The molecule has 2 aromatic heterocycles. The lowest BCUT2D eigenvalue weighted by Gasteiger charge is -2.06. The Kier molecular flexibility index (Phi) is 6.24. The van der Waals surface area contributed by atoms with Gasteiger partial charge in [-0.3, -0.25) is 0 Å². The quantitative estimate of drug-likeness (QED) is 0.579. The molecular formula is C18H18FN5O3S. The Hall–Kier alpha value is -2.95. The number of hydrogen-bond donors (Lipinski definition) is 2. The number of benzene rings is 1. The van der Waals surface area contributed by atoms with E-state index in [2.05, 4.69) is 10.1 Å². The molecule has 0 aliphatic rings. The van der Waals surface area contributed by atoms with E-state index in [0.29, 0.717) is 12.1 Å². The van der Waals surface area contributed by atoms with Crippen LogP contribution in [0, 0.1) is 0 Å². The Bertz CT molecular complexity index is 1080. The maximum absolute atomic E-state index is 12.7. The van der Waals surface area contributed by atoms with Crippen LogP contribution in [0.4, 0.5) is 4.39 Å². The Balaban J connectivity index is 1.89. The van der Waals surface area contributed by atoms with Crippen LogP contribution in [-0.4, -0.2) is 34.6 Å². The van der Waals surface area contributed by atoms with Gasteiger partial charge in [-0.1, -0.05) is 24.3 Å². The van der Waals surface area contributed by atoms with Gasteiger partial charge in [0.05, 0.1) is 18.6 Å². The monoisotopic (exact) mass is 403 g/mol. The predicted octanol–water partition coefficient (Wildman–Crippen LogP) is 1.63. The van der Waals surface area contributed by atoms with Crippen LogP contribution in [0.5, 0.6) is 0 Å². The molecule has 0 saturated carbocycles. The van der Waals surface area contributed by atoms with Gasteiger partial charge in [-0.05, 0) is 34.4 Å². The van der Waals surface area contributed by atoms with Gasteiger partial charge in [0.15, 0.2) is 11.1 Å². The summed E-state index contributed by atoms with van der Waals surface area (Å²) in [5.41, 5.74) is 7.63. The van der Waals surface area contributed by atoms with Crippen molar-refractivity contribution < 1.29 is 13.2 Å². The van der Waals surface area contributed by atoms with Crippen molar-refractivity contribution in [2.75, 3.05) is 6.54 Å². The topological polar surface area (TPSA) is 116 Å². The Labute approximate surface area is 162 Å². The number of pyridine rings is 1. The molecule has 2 heterocycles. The Morgan fingerprint density at radius 3 is 2.64 bits per heavy atom. The molecule has 0 spiro atoms. The molecule has 8 nitrogen and oxygen atoms in total. The van der Waals surface area contributed by atoms with E-state index in [-0.39, 0.29) is 24.4 Å². The van der Waals surface area contributed by atoms with Gasteiger partial charge in [0, 0.05) is 12.7 Å². The molecule has 3 aromatic rings. The van der Waals surface area contributed by atoms with Gasteiger partial charge in [0.25, 0.3) is 0 Å². The molecule has 0 saturated heterocycles. The minimum Gasteiger partial charge on any atom is -0.327 e. The highest BCUT2D eigenvalue weighted by molar-refractivity contribution is 7.78. The van der Waals surface area contributed by atoms with E-state index >= 15 is 0 Å². The van der Waals surface area contributed by atoms with Crippen LogP contribution >= 0.6 is 0 Å². The highest BCUT2D eigenvalue weighted by Crippen LogP contribution is 2.21. The maximum atomic E-state index is 12.7. The summed E-state index contributed by atoms with van der Waals surface area (Å²) in [4.78, 5) is 16.7. The normalized spacial score (nSPS) is 12.9. The molecule has 146 valence electrons. The summed E-state index contributed by atoms with van der Waals surface area (Å²) in [6, 6.07) is 10.7. The zero-order valence-electron chi connectivity index (χ0n) is 14.7. The highest BCUT2D eigenvalue weighted by Gasteiger charge is 2.10. The molecule has 1 atom stereocenters. The van der Waals surface area contributed by atoms with Crippen LogP contribution in [0.15, 0.2) is 65.6 Å². The van der Waals surface area contributed by atoms with Crippen LogP contribution in [-0.2, 0) is 23.4 Å². The second-order valence-electron chi connectivity index (χ2n) is 5.98. The number of nitrogens with two attached hydrogens (primary N) is 1. The number of rotatable bonds is 7. The van der Waals surface area contributed by atoms with Crippen LogP contribution in [0.1, 0.15) is 5.56 Å². The molecule has 0 aliphatic heterocycles. The van der Waals surface area contributed by atoms with E-state index in [4.69, 9.17) is 10.3 Å². The average molecular weight is 403 g/mol. The number of aromatic nitrogens is 4. The summed E-state index contributed by atoms with van der Waals surface area (Å²) in [6.45, 7) is -0.0460. The van der Waals surface area contributed by atoms with Crippen molar-refractivity contribution in [3.8, 4) is 16.9 Å². The molecule has 1 unspecified atom stereocenters. The second kappa shape index (κ2) is 8.83. The smallest absolute Gasteiger partial charge is 0.327 e. The van der Waals surface area contributed by atoms with Gasteiger partial charge in [-0.15, -0.1) is 0 Å².